The summed E-state index contributed by atoms with van der Waals surface area (Å²) < 4.78 is 14.9. The molecule has 1 rings (SSSR count). The zero-order chi connectivity index (χ0) is 12.5. The van der Waals surface area contributed by atoms with E-state index < -0.39 is 5.97 Å². The molecule has 5 nitrogen and oxygen atoms in total. The molecule has 0 atom stereocenters. The average molecular weight is 241 g/mol. The fourth-order valence-corrected chi connectivity index (χ4v) is 1.41. The molecule has 1 aromatic heterocycles. The Kier molecular flexibility index (Phi) is 6.35. The van der Waals surface area contributed by atoms with Gasteiger partial charge in [0.05, 0.1) is 13.4 Å². The Morgan fingerprint density at radius 2 is 2.35 bits per heavy atom. The van der Waals surface area contributed by atoms with Gasteiger partial charge in [0.1, 0.15) is 0 Å². The molecule has 1 heterocycles. The number of hydrogen-bond acceptors (Lipinski definition) is 5. The van der Waals surface area contributed by atoms with E-state index in [9.17, 15) is 4.79 Å². The van der Waals surface area contributed by atoms with Gasteiger partial charge in [0.15, 0.2) is 0 Å². The highest BCUT2D eigenvalue weighted by atomic mass is 16.5. The van der Waals surface area contributed by atoms with Crippen LogP contribution >= 0.6 is 0 Å². The van der Waals surface area contributed by atoms with E-state index in [0.717, 1.165) is 31.7 Å². The summed E-state index contributed by atoms with van der Waals surface area (Å²) in [5.41, 5.74) is 0.813. The van der Waals surface area contributed by atoms with Crippen LogP contribution in [0, 0.1) is 0 Å². The number of rotatable bonds is 8. The number of ether oxygens (including phenoxy) is 2. The summed E-state index contributed by atoms with van der Waals surface area (Å²) in [6.07, 6.45) is 2.43. The SMILES string of the molecule is CCOCCCNCc1ccoc1C(=O)OC. The van der Waals surface area contributed by atoms with Gasteiger partial charge in [-0.2, -0.15) is 0 Å². The maximum Gasteiger partial charge on any atom is 0.374 e. The summed E-state index contributed by atoms with van der Waals surface area (Å²) in [5, 5.41) is 3.22. The van der Waals surface area contributed by atoms with E-state index in [1.807, 2.05) is 6.92 Å². The van der Waals surface area contributed by atoms with Crippen LogP contribution in [0.5, 0.6) is 0 Å². The molecule has 0 radical (unpaired) electrons. The fraction of sp³-hybridized carbons (Fsp3) is 0.583. The Bertz CT molecular complexity index is 335. The van der Waals surface area contributed by atoms with E-state index in [0.29, 0.717) is 6.54 Å². The second-order valence-electron chi connectivity index (χ2n) is 3.49. The summed E-state index contributed by atoms with van der Waals surface area (Å²) in [6, 6.07) is 1.77. The molecule has 0 amide bonds. The molecular formula is C12H19NO4. The Morgan fingerprint density at radius 1 is 1.53 bits per heavy atom. The molecule has 0 saturated heterocycles. The van der Waals surface area contributed by atoms with Gasteiger partial charge in [-0.05, 0) is 26.0 Å². The van der Waals surface area contributed by atoms with Crippen LogP contribution < -0.4 is 5.32 Å². The summed E-state index contributed by atoms with van der Waals surface area (Å²) in [7, 11) is 1.34. The van der Waals surface area contributed by atoms with Gasteiger partial charge >= 0.3 is 5.97 Å². The quantitative estimate of drug-likeness (QED) is 0.553. The highest BCUT2D eigenvalue weighted by Gasteiger charge is 2.14. The Balaban J connectivity index is 2.27. The second-order valence-corrected chi connectivity index (χ2v) is 3.49. The molecule has 0 fully saturated rings. The Hall–Kier alpha value is -1.33. The van der Waals surface area contributed by atoms with Crippen molar-refractivity contribution in [3.8, 4) is 0 Å². The molecule has 0 bridgehead atoms. The van der Waals surface area contributed by atoms with Gasteiger partial charge < -0.3 is 19.2 Å². The molecular weight excluding hydrogens is 222 g/mol. The predicted octanol–water partition coefficient (Wildman–Crippen LogP) is 1.58. The minimum atomic E-state index is -0.443. The number of hydrogen-bond donors (Lipinski definition) is 1. The van der Waals surface area contributed by atoms with Crippen LogP contribution in [0.3, 0.4) is 0 Å². The first-order valence-electron chi connectivity index (χ1n) is 5.72. The largest absolute Gasteiger partial charge is 0.463 e. The van der Waals surface area contributed by atoms with Crippen molar-refractivity contribution in [1.82, 2.24) is 5.32 Å². The van der Waals surface area contributed by atoms with Crippen molar-refractivity contribution in [3.63, 3.8) is 0 Å². The zero-order valence-corrected chi connectivity index (χ0v) is 10.3. The molecule has 0 aliphatic carbocycles. The van der Waals surface area contributed by atoms with Crippen LogP contribution in [0.25, 0.3) is 0 Å². The predicted molar refractivity (Wildman–Crippen MR) is 62.9 cm³/mol. The van der Waals surface area contributed by atoms with E-state index >= 15 is 0 Å². The lowest BCUT2D eigenvalue weighted by Gasteiger charge is -2.04. The van der Waals surface area contributed by atoms with Gasteiger partial charge in [-0.1, -0.05) is 0 Å². The van der Waals surface area contributed by atoms with Gasteiger partial charge in [-0.3, -0.25) is 0 Å². The fourth-order valence-electron chi connectivity index (χ4n) is 1.41. The molecule has 0 spiro atoms. The number of methoxy groups -OCH3 is 1. The number of carbonyl (C=O) groups excluding carboxylic acids is 1. The first kappa shape index (κ1) is 13.7. The third-order valence-corrected chi connectivity index (χ3v) is 2.28. The van der Waals surface area contributed by atoms with Crippen molar-refractivity contribution in [2.24, 2.45) is 0 Å². The molecule has 5 heteroatoms. The van der Waals surface area contributed by atoms with Gasteiger partial charge in [-0.25, -0.2) is 4.79 Å². The number of carbonyl (C=O) groups is 1. The Morgan fingerprint density at radius 3 is 3.06 bits per heavy atom. The summed E-state index contributed by atoms with van der Waals surface area (Å²) in [5.74, 6) is -0.175. The molecule has 0 aliphatic rings. The standard InChI is InChI=1S/C12H19NO4/c1-3-16-7-4-6-13-9-10-5-8-17-11(10)12(14)15-2/h5,8,13H,3-4,6-7,9H2,1-2H3. The van der Waals surface area contributed by atoms with E-state index in [1.165, 1.54) is 13.4 Å². The number of esters is 1. The maximum absolute atomic E-state index is 11.3. The minimum Gasteiger partial charge on any atom is -0.463 e. The van der Waals surface area contributed by atoms with E-state index in [1.54, 1.807) is 6.07 Å². The van der Waals surface area contributed by atoms with E-state index in [-0.39, 0.29) is 5.76 Å². The van der Waals surface area contributed by atoms with Crippen LogP contribution in [0.4, 0.5) is 0 Å². The van der Waals surface area contributed by atoms with Crippen LogP contribution in [0.15, 0.2) is 16.7 Å². The third kappa shape index (κ3) is 4.58. The van der Waals surface area contributed by atoms with Crippen molar-refractivity contribution in [1.29, 1.82) is 0 Å². The van der Waals surface area contributed by atoms with Crippen LogP contribution in [0.2, 0.25) is 0 Å². The van der Waals surface area contributed by atoms with Crippen molar-refractivity contribution in [3.05, 3.63) is 23.7 Å². The molecule has 17 heavy (non-hydrogen) atoms. The highest BCUT2D eigenvalue weighted by Crippen LogP contribution is 2.11. The monoisotopic (exact) mass is 241 g/mol. The molecule has 1 aromatic rings. The van der Waals surface area contributed by atoms with Crippen molar-refractivity contribution in [2.45, 2.75) is 19.9 Å². The molecule has 96 valence electrons. The van der Waals surface area contributed by atoms with Crippen molar-refractivity contribution < 1.29 is 18.7 Å². The lowest BCUT2D eigenvalue weighted by Crippen LogP contribution is -2.17. The van der Waals surface area contributed by atoms with E-state index in [4.69, 9.17) is 9.15 Å². The van der Waals surface area contributed by atoms with Crippen molar-refractivity contribution >= 4 is 5.97 Å². The minimum absolute atomic E-state index is 0.268. The van der Waals surface area contributed by atoms with Gasteiger partial charge in [0.25, 0.3) is 0 Å². The highest BCUT2D eigenvalue weighted by molar-refractivity contribution is 5.87. The third-order valence-electron chi connectivity index (χ3n) is 2.28. The van der Waals surface area contributed by atoms with E-state index in [2.05, 4.69) is 10.1 Å². The normalized spacial score (nSPS) is 10.5. The lowest BCUT2D eigenvalue weighted by molar-refractivity contribution is 0.0563. The van der Waals surface area contributed by atoms with Crippen LogP contribution in [-0.2, 0) is 16.0 Å². The molecule has 0 aliphatic heterocycles. The lowest BCUT2D eigenvalue weighted by atomic mass is 10.2. The van der Waals surface area contributed by atoms with Gasteiger partial charge in [0, 0.05) is 25.3 Å². The molecule has 1 N–H and O–H groups in total. The molecule has 0 unspecified atom stereocenters. The topological polar surface area (TPSA) is 60.7 Å². The number of furan rings is 1. The van der Waals surface area contributed by atoms with Gasteiger partial charge in [-0.15, -0.1) is 0 Å². The second kappa shape index (κ2) is 7.86. The summed E-state index contributed by atoms with van der Waals surface area (Å²) in [6.45, 7) is 4.90. The Labute approximate surface area is 101 Å². The number of nitrogens with one attached hydrogen (secondary N) is 1. The van der Waals surface area contributed by atoms with Crippen molar-refractivity contribution in [2.75, 3.05) is 26.9 Å². The summed E-state index contributed by atoms with van der Waals surface area (Å²) in [4.78, 5) is 11.3. The summed E-state index contributed by atoms with van der Waals surface area (Å²) >= 11 is 0. The first-order chi connectivity index (χ1) is 8.29. The molecule has 0 saturated carbocycles. The maximum atomic E-state index is 11.3. The van der Waals surface area contributed by atoms with Crippen LogP contribution in [0.1, 0.15) is 29.5 Å². The van der Waals surface area contributed by atoms with Gasteiger partial charge in [0.2, 0.25) is 5.76 Å². The molecule has 0 aromatic carbocycles. The average Bonchev–Trinajstić information content (AvgIpc) is 2.81. The zero-order valence-electron chi connectivity index (χ0n) is 10.3. The smallest absolute Gasteiger partial charge is 0.374 e. The first-order valence-corrected chi connectivity index (χ1v) is 5.72. The van der Waals surface area contributed by atoms with Crippen LogP contribution in [-0.4, -0.2) is 32.8 Å².